The molecule has 2 aromatic heterocycles. The van der Waals surface area contributed by atoms with Crippen LogP contribution in [0.5, 0.6) is 0 Å². The highest BCUT2D eigenvalue weighted by Gasteiger charge is 2.07. The highest BCUT2D eigenvalue weighted by atomic mass is 15.3. The molecule has 16 heavy (non-hydrogen) atoms. The molecule has 2 rings (SSSR count). The number of anilines is 3. The Morgan fingerprint density at radius 2 is 2.12 bits per heavy atom. The van der Waals surface area contributed by atoms with Gasteiger partial charge in [0.15, 0.2) is 5.82 Å². The van der Waals surface area contributed by atoms with E-state index in [9.17, 15) is 0 Å². The van der Waals surface area contributed by atoms with Gasteiger partial charge in [-0.1, -0.05) is 0 Å². The van der Waals surface area contributed by atoms with Gasteiger partial charge in [0.25, 0.3) is 0 Å². The van der Waals surface area contributed by atoms with Crippen molar-refractivity contribution in [2.45, 2.75) is 13.8 Å². The van der Waals surface area contributed by atoms with E-state index in [4.69, 9.17) is 5.73 Å². The molecule has 0 spiro atoms. The van der Waals surface area contributed by atoms with Crippen LogP contribution in [0.2, 0.25) is 0 Å². The lowest BCUT2D eigenvalue weighted by atomic mass is 10.2. The van der Waals surface area contributed by atoms with Crippen LogP contribution in [0.25, 0.3) is 0 Å². The number of nitrogens with one attached hydrogen (secondary N) is 1. The minimum atomic E-state index is 0.672. The third-order valence-corrected chi connectivity index (χ3v) is 2.47. The summed E-state index contributed by atoms with van der Waals surface area (Å²) in [6.07, 6.45) is 3.64. The average Bonchev–Trinajstić information content (AvgIpc) is 2.53. The van der Waals surface area contributed by atoms with Crippen molar-refractivity contribution in [3.8, 4) is 0 Å². The summed E-state index contributed by atoms with van der Waals surface area (Å²) in [7, 11) is 1.88. The van der Waals surface area contributed by atoms with Gasteiger partial charge in [-0.2, -0.15) is 5.10 Å². The molecule has 0 aromatic carbocycles. The fraction of sp³-hybridized carbons (Fsp3) is 0.273. The summed E-state index contributed by atoms with van der Waals surface area (Å²) >= 11 is 0. The van der Waals surface area contributed by atoms with Crippen molar-refractivity contribution < 1.29 is 0 Å². The Balaban J connectivity index is 2.34. The lowest BCUT2D eigenvalue weighted by molar-refractivity contribution is 0.756. The summed E-state index contributed by atoms with van der Waals surface area (Å²) in [5.74, 6) is 0.677. The molecule has 2 aromatic rings. The minimum Gasteiger partial charge on any atom is -0.396 e. The van der Waals surface area contributed by atoms with Gasteiger partial charge in [0.2, 0.25) is 0 Å². The molecule has 0 atom stereocenters. The summed E-state index contributed by atoms with van der Waals surface area (Å²) < 4.78 is 1.75. The fourth-order valence-corrected chi connectivity index (χ4v) is 1.52. The van der Waals surface area contributed by atoms with E-state index in [1.807, 2.05) is 33.2 Å². The van der Waals surface area contributed by atoms with Crippen molar-refractivity contribution in [2.75, 3.05) is 11.1 Å². The Kier molecular flexibility index (Phi) is 2.52. The molecule has 0 saturated carbocycles. The molecule has 5 heteroatoms. The number of hydrogen-bond acceptors (Lipinski definition) is 4. The number of aromatic nitrogens is 3. The Hall–Kier alpha value is -2.04. The molecular formula is C11H15N5. The molecule has 0 fully saturated rings. The van der Waals surface area contributed by atoms with Crippen LogP contribution in [-0.2, 0) is 7.05 Å². The molecule has 0 aliphatic carbocycles. The van der Waals surface area contributed by atoms with Gasteiger partial charge >= 0.3 is 0 Å². The van der Waals surface area contributed by atoms with Gasteiger partial charge in [-0.25, -0.2) is 4.98 Å². The van der Waals surface area contributed by atoms with Crippen molar-refractivity contribution in [2.24, 2.45) is 7.05 Å². The smallest absolute Gasteiger partial charge is 0.153 e. The molecule has 0 aliphatic rings. The van der Waals surface area contributed by atoms with Crippen LogP contribution in [0, 0.1) is 13.8 Å². The first-order valence-corrected chi connectivity index (χ1v) is 5.06. The van der Waals surface area contributed by atoms with E-state index in [-0.39, 0.29) is 0 Å². The normalized spacial score (nSPS) is 10.4. The van der Waals surface area contributed by atoms with E-state index < -0.39 is 0 Å². The predicted molar refractivity (Wildman–Crippen MR) is 64.6 cm³/mol. The van der Waals surface area contributed by atoms with Gasteiger partial charge in [-0.05, 0) is 25.5 Å². The maximum Gasteiger partial charge on any atom is 0.153 e. The van der Waals surface area contributed by atoms with Crippen LogP contribution in [0.4, 0.5) is 17.2 Å². The third-order valence-electron chi connectivity index (χ3n) is 2.47. The molecule has 0 radical (unpaired) electrons. The van der Waals surface area contributed by atoms with Crippen molar-refractivity contribution in [3.63, 3.8) is 0 Å². The standard InChI is InChI=1S/C11H15N5/c1-7-4-5-13-11(10(7)12)14-9-6-16(3)15-8(9)2/h4-6H,12H2,1-3H3,(H,13,14). The SMILES string of the molecule is Cc1ccnc(Nc2cn(C)nc2C)c1N. The highest BCUT2D eigenvalue weighted by Crippen LogP contribution is 2.24. The molecule has 0 saturated heterocycles. The third kappa shape index (κ3) is 1.84. The maximum atomic E-state index is 5.94. The molecule has 3 N–H and O–H groups in total. The molecule has 0 amide bonds. The molecule has 5 nitrogen and oxygen atoms in total. The second kappa shape index (κ2) is 3.84. The topological polar surface area (TPSA) is 68.8 Å². The predicted octanol–water partition coefficient (Wildman–Crippen LogP) is 1.76. The zero-order chi connectivity index (χ0) is 11.7. The Morgan fingerprint density at radius 3 is 2.75 bits per heavy atom. The number of nitrogens with two attached hydrogens (primary N) is 1. The van der Waals surface area contributed by atoms with Crippen LogP contribution in [0.1, 0.15) is 11.3 Å². The first-order chi connectivity index (χ1) is 7.58. The van der Waals surface area contributed by atoms with Gasteiger partial charge in [-0.15, -0.1) is 0 Å². The van der Waals surface area contributed by atoms with Gasteiger partial charge in [0, 0.05) is 19.4 Å². The number of aryl methyl sites for hydroxylation is 3. The van der Waals surface area contributed by atoms with Gasteiger partial charge in [0.05, 0.1) is 17.1 Å². The number of rotatable bonds is 2. The number of pyridine rings is 1. The maximum absolute atomic E-state index is 5.94. The Morgan fingerprint density at radius 1 is 1.38 bits per heavy atom. The minimum absolute atomic E-state index is 0.672. The van der Waals surface area contributed by atoms with Crippen LogP contribution < -0.4 is 11.1 Å². The van der Waals surface area contributed by atoms with Crippen molar-refractivity contribution >= 4 is 17.2 Å². The second-order valence-electron chi connectivity index (χ2n) is 3.82. The van der Waals surface area contributed by atoms with Crippen molar-refractivity contribution in [3.05, 3.63) is 29.7 Å². The summed E-state index contributed by atoms with van der Waals surface area (Å²) in [5, 5.41) is 7.43. The second-order valence-corrected chi connectivity index (χ2v) is 3.82. The first-order valence-electron chi connectivity index (χ1n) is 5.06. The number of nitrogen functional groups attached to an aromatic ring is 1. The van der Waals surface area contributed by atoms with E-state index in [0.29, 0.717) is 11.5 Å². The van der Waals surface area contributed by atoms with E-state index in [2.05, 4.69) is 15.4 Å². The quantitative estimate of drug-likeness (QED) is 0.804. The summed E-state index contributed by atoms with van der Waals surface area (Å²) in [4.78, 5) is 4.21. The average molecular weight is 217 g/mol. The molecule has 0 aliphatic heterocycles. The lowest BCUT2D eigenvalue weighted by Crippen LogP contribution is -2.01. The highest BCUT2D eigenvalue weighted by molar-refractivity contribution is 5.71. The van der Waals surface area contributed by atoms with Gasteiger partial charge in [0.1, 0.15) is 0 Å². The molecule has 84 valence electrons. The van der Waals surface area contributed by atoms with Crippen LogP contribution in [-0.4, -0.2) is 14.8 Å². The zero-order valence-electron chi connectivity index (χ0n) is 9.65. The zero-order valence-corrected chi connectivity index (χ0v) is 9.65. The van der Waals surface area contributed by atoms with Crippen molar-refractivity contribution in [1.82, 2.24) is 14.8 Å². The largest absolute Gasteiger partial charge is 0.396 e. The van der Waals surface area contributed by atoms with Gasteiger partial charge in [-0.3, -0.25) is 4.68 Å². The van der Waals surface area contributed by atoms with E-state index in [0.717, 1.165) is 16.9 Å². The molecular weight excluding hydrogens is 202 g/mol. The summed E-state index contributed by atoms with van der Waals surface area (Å²) in [6, 6.07) is 1.89. The van der Waals surface area contributed by atoms with Crippen LogP contribution in [0.15, 0.2) is 18.5 Å². The van der Waals surface area contributed by atoms with Gasteiger partial charge < -0.3 is 11.1 Å². The lowest BCUT2D eigenvalue weighted by Gasteiger charge is -2.08. The first kappa shape index (κ1) is 10.5. The van der Waals surface area contributed by atoms with Crippen LogP contribution >= 0.6 is 0 Å². The monoisotopic (exact) mass is 217 g/mol. The molecule has 0 unspecified atom stereocenters. The number of hydrogen-bond donors (Lipinski definition) is 2. The fourth-order valence-electron chi connectivity index (χ4n) is 1.52. The summed E-state index contributed by atoms with van der Waals surface area (Å²) in [6.45, 7) is 3.90. The molecule has 0 bridgehead atoms. The van der Waals surface area contributed by atoms with Crippen molar-refractivity contribution in [1.29, 1.82) is 0 Å². The Bertz CT molecular complexity index is 515. The summed E-state index contributed by atoms with van der Waals surface area (Å²) in [5.41, 5.74) is 9.47. The molecule has 2 heterocycles. The van der Waals surface area contributed by atoms with E-state index in [1.54, 1.807) is 10.9 Å². The van der Waals surface area contributed by atoms with E-state index in [1.165, 1.54) is 0 Å². The number of nitrogens with zero attached hydrogens (tertiary/aromatic N) is 3. The van der Waals surface area contributed by atoms with Crippen LogP contribution in [0.3, 0.4) is 0 Å². The van der Waals surface area contributed by atoms with E-state index >= 15 is 0 Å². The Labute approximate surface area is 94.3 Å².